The number of ketones is 1. The van der Waals surface area contributed by atoms with Gasteiger partial charge >= 0.3 is 0 Å². The second kappa shape index (κ2) is 7.76. The van der Waals surface area contributed by atoms with Crippen molar-refractivity contribution in [3.63, 3.8) is 0 Å². The maximum absolute atomic E-state index is 12.8. The van der Waals surface area contributed by atoms with Crippen LogP contribution in [0.5, 0.6) is 5.75 Å². The molecular weight excluding hydrogens is 360 g/mol. The Morgan fingerprint density at radius 3 is 2.85 bits per heavy atom. The Labute approximate surface area is 163 Å². The third-order valence-electron chi connectivity index (χ3n) is 5.01. The number of aromatic nitrogens is 3. The van der Waals surface area contributed by atoms with Crippen LogP contribution in [-0.2, 0) is 4.79 Å². The number of ether oxygens (including phenoxy) is 1. The molecular formula is C20H24N4O2S. The van der Waals surface area contributed by atoms with E-state index >= 15 is 0 Å². The summed E-state index contributed by atoms with van der Waals surface area (Å²) in [5.74, 6) is 2.72. The molecule has 7 heteroatoms. The number of unbranched alkanes of at least 4 members (excludes halogenated alkanes) is 1. The fourth-order valence-corrected chi connectivity index (χ4v) is 4.51. The van der Waals surface area contributed by atoms with Crippen molar-refractivity contribution >= 4 is 23.5 Å². The highest BCUT2D eigenvalue weighted by molar-refractivity contribution is 7.99. The van der Waals surface area contributed by atoms with Crippen molar-refractivity contribution in [2.75, 3.05) is 18.2 Å². The Morgan fingerprint density at radius 2 is 2.11 bits per heavy atom. The minimum atomic E-state index is -0.233. The van der Waals surface area contributed by atoms with E-state index in [1.165, 1.54) is 0 Å². The average molecular weight is 385 g/mol. The molecule has 0 saturated carbocycles. The highest BCUT2D eigenvalue weighted by atomic mass is 32.2. The third kappa shape index (κ3) is 3.48. The van der Waals surface area contributed by atoms with Crippen molar-refractivity contribution in [3.8, 4) is 5.75 Å². The first kappa shape index (κ1) is 18.1. The molecule has 1 atom stereocenters. The quantitative estimate of drug-likeness (QED) is 0.595. The SMILES string of the molecule is CCCCSc1nc2n(n1)[C@@H](c1ccc(OC)cc1)C1=C(CCCC1=O)N2. The fraction of sp³-hybridized carbons (Fsp3) is 0.450. The van der Waals surface area contributed by atoms with Gasteiger partial charge < -0.3 is 10.1 Å². The molecule has 1 aliphatic heterocycles. The highest BCUT2D eigenvalue weighted by Crippen LogP contribution is 2.40. The molecule has 6 nitrogen and oxygen atoms in total. The molecule has 2 aliphatic rings. The van der Waals surface area contributed by atoms with E-state index in [-0.39, 0.29) is 11.8 Å². The molecule has 1 aromatic carbocycles. The number of allylic oxidation sites excluding steroid dienone is 2. The predicted octanol–water partition coefficient (Wildman–Crippen LogP) is 4.20. The van der Waals surface area contributed by atoms with E-state index in [0.717, 1.165) is 65.1 Å². The van der Waals surface area contributed by atoms with Crippen LogP contribution in [0, 0.1) is 0 Å². The molecule has 142 valence electrons. The molecule has 1 N–H and O–H groups in total. The Balaban J connectivity index is 1.75. The number of anilines is 1. The van der Waals surface area contributed by atoms with Crippen molar-refractivity contribution in [2.45, 2.75) is 50.2 Å². The zero-order chi connectivity index (χ0) is 18.8. The zero-order valence-corrected chi connectivity index (χ0v) is 16.5. The van der Waals surface area contributed by atoms with E-state index in [1.807, 2.05) is 28.9 Å². The minimum Gasteiger partial charge on any atom is -0.497 e. The molecule has 4 rings (SSSR count). The lowest BCUT2D eigenvalue weighted by Gasteiger charge is -2.32. The van der Waals surface area contributed by atoms with E-state index < -0.39 is 0 Å². The predicted molar refractivity (Wildman–Crippen MR) is 106 cm³/mol. The number of Topliss-reactive ketones (excluding diaryl/α,β-unsaturated/α-hetero) is 1. The maximum Gasteiger partial charge on any atom is 0.227 e. The number of methoxy groups -OCH3 is 1. The summed E-state index contributed by atoms with van der Waals surface area (Å²) in [6, 6.07) is 7.65. The maximum atomic E-state index is 12.8. The van der Waals surface area contributed by atoms with Crippen molar-refractivity contribution in [1.82, 2.24) is 14.8 Å². The molecule has 1 aliphatic carbocycles. The summed E-state index contributed by atoms with van der Waals surface area (Å²) in [5, 5.41) is 8.87. The van der Waals surface area contributed by atoms with Gasteiger partial charge in [-0.2, -0.15) is 4.98 Å². The van der Waals surface area contributed by atoms with Gasteiger partial charge in [0.25, 0.3) is 0 Å². The van der Waals surface area contributed by atoms with E-state index in [9.17, 15) is 4.79 Å². The third-order valence-corrected chi connectivity index (χ3v) is 5.93. The Morgan fingerprint density at radius 1 is 1.30 bits per heavy atom. The van der Waals surface area contributed by atoms with Crippen molar-refractivity contribution in [1.29, 1.82) is 0 Å². The first-order valence-corrected chi connectivity index (χ1v) is 10.5. The van der Waals surface area contributed by atoms with Gasteiger partial charge in [0, 0.05) is 23.4 Å². The van der Waals surface area contributed by atoms with Gasteiger partial charge in [0.05, 0.1) is 7.11 Å². The molecule has 0 radical (unpaired) electrons. The van der Waals surface area contributed by atoms with Crippen LogP contribution in [0.2, 0.25) is 0 Å². The van der Waals surface area contributed by atoms with E-state index in [2.05, 4.69) is 17.2 Å². The lowest BCUT2D eigenvalue weighted by atomic mass is 9.85. The van der Waals surface area contributed by atoms with Crippen molar-refractivity contribution in [3.05, 3.63) is 41.1 Å². The molecule has 0 bridgehead atoms. The van der Waals surface area contributed by atoms with E-state index in [1.54, 1.807) is 18.9 Å². The molecule has 0 amide bonds. The normalized spacial score (nSPS) is 18.7. The molecule has 2 aromatic rings. The number of hydrogen-bond acceptors (Lipinski definition) is 6. The second-order valence-electron chi connectivity index (χ2n) is 6.83. The summed E-state index contributed by atoms with van der Waals surface area (Å²) in [6.07, 6.45) is 4.63. The lowest BCUT2D eigenvalue weighted by Crippen LogP contribution is -2.31. The summed E-state index contributed by atoms with van der Waals surface area (Å²) < 4.78 is 7.16. The summed E-state index contributed by atoms with van der Waals surface area (Å²) >= 11 is 1.67. The van der Waals surface area contributed by atoms with Crippen LogP contribution in [0.15, 0.2) is 40.7 Å². The number of nitrogens with zero attached hydrogens (tertiary/aromatic N) is 3. The number of benzene rings is 1. The van der Waals surface area contributed by atoms with Gasteiger partial charge in [-0.05, 0) is 37.0 Å². The number of fused-ring (bicyclic) bond motifs is 1. The number of rotatable bonds is 6. The van der Waals surface area contributed by atoms with Gasteiger partial charge in [-0.3, -0.25) is 4.79 Å². The molecule has 0 spiro atoms. The summed E-state index contributed by atoms with van der Waals surface area (Å²) in [4.78, 5) is 17.5. The number of carbonyl (C=O) groups excluding carboxylic acids is 1. The molecule has 1 aromatic heterocycles. The topological polar surface area (TPSA) is 69.0 Å². The number of thioether (sulfide) groups is 1. The number of carbonyl (C=O) groups is 1. The molecule has 0 saturated heterocycles. The first-order valence-electron chi connectivity index (χ1n) is 9.47. The lowest BCUT2D eigenvalue weighted by molar-refractivity contribution is -0.116. The monoisotopic (exact) mass is 384 g/mol. The Hall–Kier alpha value is -2.28. The standard InChI is InChI=1S/C20H24N4O2S/c1-3-4-12-27-20-22-19-21-15-6-5-7-16(25)17(15)18(24(19)23-20)13-8-10-14(26-2)11-9-13/h8-11,18H,3-7,12H2,1-2H3,(H,21,22,23)/t18-/m0/s1. The van der Waals surface area contributed by atoms with Gasteiger partial charge in [-0.15, -0.1) is 5.10 Å². The smallest absolute Gasteiger partial charge is 0.227 e. The van der Waals surface area contributed by atoms with Gasteiger partial charge in [0.15, 0.2) is 5.78 Å². The largest absolute Gasteiger partial charge is 0.497 e. The summed E-state index contributed by atoms with van der Waals surface area (Å²) in [7, 11) is 1.65. The minimum absolute atomic E-state index is 0.200. The average Bonchev–Trinajstić information content (AvgIpc) is 3.09. The molecule has 0 unspecified atom stereocenters. The second-order valence-corrected chi connectivity index (χ2v) is 7.90. The Bertz CT molecular complexity index is 873. The summed E-state index contributed by atoms with van der Waals surface area (Å²) in [5.41, 5.74) is 2.85. The van der Waals surface area contributed by atoms with Crippen LogP contribution in [0.1, 0.15) is 50.6 Å². The van der Waals surface area contributed by atoms with Crippen LogP contribution >= 0.6 is 11.8 Å². The number of nitrogens with one attached hydrogen (secondary N) is 1. The highest BCUT2D eigenvalue weighted by Gasteiger charge is 2.36. The van der Waals surface area contributed by atoms with Gasteiger partial charge in [0.2, 0.25) is 11.1 Å². The summed E-state index contributed by atoms with van der Waals surface area (Å²) in [6.45, 7) is 2.18. The van der Waals surface area contributed by atoms with E-state index in [4.69, 9.17) is 9.84 Å². The van der Waals surface area contributed by atoms with Crippen LogP contribution in [0.25, 0.3) is 0 Å². The van der Waals surface area contributed by atoms with Crippen molar-refractivity contribution < 1.29 is 9.53 Å². The van der Waals surface area contributed by atoms with Crippen LogP contribution in [-0.4, -0.2) is 33.4 Å². The van der Waals surface area contributed by atoms with E-state index in [0.29, 0.717) is 6.42 Å². The molecule has 0 fully saturated rings. The van der Waals surface area contributed by atoms with Gasteiger partial charge in [0.1, 0.15) is 11.8 Å². The molecule has 2 heterocycles. The fourth-order valence-electron chi connectivity index (χ4n) is 3.60. The van der Waals surface area contributed by atoms with Crippen LogP contribution in [0.4, 0.5) is 5.95 Å². The Kier molecular flexibility index (Phi) is 5.20. The van der Waals surface area contributed by atoms with Gasteiger partial charge in [-0.25, -0.2) is 4.68 Å². The first-order chi connectivity index (χ1) is 13.2. The zero-order valence-electron chi connectivity index (χ0n) is 15.7. The molecule has 27 heavy (non-hydrogen) atoms. The number of hydrogen-bond donors (Lipinski definition) is 1. The van der Waals surface area contributed by atoms with Crippen LogP contribution in [0.3, 0.4) is 0 Å². The van der Waals surface area contributed by atoms with Crippen LogP contribution < -0.4 is 10.1 Å². The van der Waals surface area contributed by atoms with Gasteiger partial charge in [-0.1, -0.05) is 37.2 Å². The van der Waals surface area contributed by atoms with Crippen molar-refractivity contribution in [2.24, 2.45) is 0 Å².